The molecule has 0 radical (unpaired) electrons. The summed E-state index contributed by atoms with van der Waals surface area (Å²) in [6.07, 6.45) is 2.82. The van der Waals surface area contributed by atoms with Crippen molar-refractivity contribution in [3.05, 3.63) is 12.2 Å². The number of hydrogen-bond acceptors (Lipinski definition) is 3. The van der Waals surface area contributed by atoms with Gasteiger partial charge in [-0.2, -0.15) is 0 Å². The fourth-order valence-electron chi connectivity index (χ4n) is 2.19. The summed E-state index contributed by atoms with van der Waals surface area (Å²) in [4.78, 5) is 2.49. The van der Waals surface area contributed by atoms with Crippen LogP contribution in [0.15, 0.2) is 12.2 Å². The van der Waals surface area contributed by atoms with Crippen molar-refractivity contribution >= 4 is 0 Å². The number of rotatable bonds is 7. The highest BCUT2D eigenvalue weighted by atomic mass is 16.5. The van der Waals surface area contributed by atoms with Crippen molar-refractivity contribution < 1.29 is 4.74 Å². The van der Waals surface area contributed by atoms with E-state index in [0.717, 1.165) is 32.8 Å². The van der Waals surface area contributed by atoms with Crippen molar-refractivity contribution in [3.8, 4) is 0 Å². The number of hydrogen-bond donors (Lipinski definition) is 1. The van der Waals surface area contributed by atoms with Crippen LogP contribution in [0, 0.1) is 0 Å². The van der Waals surface area contributed by atoms with Gasteiger partial charge >= 0.3 is 0 Å². The van der Waals surface area contributed by atoms with E-state index in [1.807, 2.05) is 0 Å². The van der Waals surface area contributed by atoms with Crippen LogP contribution in [-0.2, 0) is 4.74 Å². The molecule has 0 aromatic rings. The van der Waals surface area contributed by atoms with Gasteiger partial charge in [0.2, 0.25) is 0 Å². The highest BCUT2D eigenvalue weighted by Crippen LogP contribution is 2.14. The Morgan fingerprint density at radius 1 is 1.41 bits per heavy atom. The minimum absolute atomic E-state index is 0.485. The van der Waals surface area contributed by atoms with Crippen LogP contribution in [0.1, 0.15) is 33.6 Å². The molecule has 3 heteroatoms. The van der Waals surface area contributed by atoms with E-state index < -0.39 is 0 Å². The third-order valence-corrected chi connectivity index (χ3v) is 3.14. The van der Waals surface area contributed by atoms with Crippen LogP contribution in [0.2, 0.25) is 0 Å². The summed E-state index contributed by atoms with van der Waals surface area (Å²) in [5.41, 5.74) is 1.29. The summed E-state index contributed by atoms with van der Waals surface area (Å²) in [7, 11) is 0. The Bertz CT molecular complexity index is 220. The molecule has 0 amide bonds. The monoisotopic (exact) mass is 240 g/mol. The predicted molar refractivity (Wildman–Crippen MR) is 73.4 cm³/mol. The quantitative estimate of drug-likeness (QED) is 0.689. The molecule has 1 heterocycles. The van der Waals surface area contributed by atoms with Gasteiger partial charge in [0, 0.05) is 38.8 Å². The van der Waals surface area contributed by atoms with Gasteiger partial charge in [0.05, 0.1) is 6.10 Å². The Morgan fingerprint density at radius 2 is 2.06 bits per heavy atom. The SMILES string of the molecule is C=C(CNC(C)C)CN1CCC(OCC)CC1. The molecule has 100 valence electrons. The molecule has 0 aromatic heterocycles. The zero-order valence-corrected chi connectivity index (χ0v) is 11.7. The molecule has 0 saturated carbocycles. The maximum Gasteiger partial charge on any atom is 0.0599 e. The lowest BCUT2D eigenvalue weighted by atomic mass is 10.1. The Balaban J connectivity index is 2.14. The van der Waals surface area contributed by atoms with Crippen LogP contribution < -0.4 is 5.32 Å². The zero-order chi connectivity index (χ0) is 12.7. The summed E-state index contributed by atoms with van der Waals surface area (Å²) in [5.74, 6) is 0. The van der Waals surface area contributed by atoms with Crippen LogP contribution in [0.25, 0.3) is 0 Å². The van der Waals surface area contributed by atoms with Gasteiger partial charge in [0.25, 0.3) is 0 Å². The molecular weight excluding hydrogens is 212 g/mol. The first-order valence-corrected chi connectivity index (χ1v) is 6.85. The van der Waals surface area contributed by atoms with Crippen molar-refractivity contribution in [1.82, 2.24) is 10.2 Å². The van der Waals surface area contributed by atoms with Crippen molar-refractivity contribution in [1.29, 1.82) is 0 Å². The number of nitrogens with zero attached hydrogens (tertiary/aromatic N) is 1. The van der Waals surface area contributed by atoms with Crippen molar-refractivity contribution in [2.45, 2.75) is 45.8 Å². The summed E-state index contributed by atoms with van der Waals surface area (Å²) in [6.45, 7) is 15.6. The van der Waals surface area contributed by atoms with Crippen LogP contribution in [-0.4, -0.2) is 49.8 Å². The highest BCUT2D eigenvalue weighted by molar-refractivity contribution is 5.00. The van der Waals surface area contributed by atoms with E-state index in [4.69, 9.17) is 4.74 Å². The number of piperidine rings is 1. The minimum atomic E-state index is 0.485. The van der Waals surface area contributed by atoms with E-state index in [2.05, 4.69) is 37.6 Å². The minimum Gasteiger partial charge on any atom is -0.378 e. The molecule has 0 aliphatic carbocycles. The largest absolute Gasteiger partial charge is 0.378 e. The van der Waals surface area contributed by atoms with Gasteiger partial charge < -0.3 is 10.1 Å². The second kappa shape index (κ2) is 7.85. The lowest BCUT2D eigenvalue weighted by molar-refractivity contribution is 0.0161. The smallest absolute Gasteiger partial charge is 0.0599 e. The third-order valence-electron chi connectivity index (χ3n) is 3.14. The number of ether oxygens (including phenoxy) is 1. The van der Waals surface area contributed by atoms with Gasteiger partial charge in [-0.05, 0) is 25.3 Å². The molecule has 1 aliphatic heterocycles. The normalized spacial score (nSPS) is 18.8. The van der Waals surface area contributed by atoms with E-state index in [1.54, 1.807) is 0 Å². The molecular formula is C14H28N2O. The molecule has 3 nitrogen and oxygen atoms in total. The summed E-state index contributed by atoms with van der Waals surface area (Å²) in [5, 5.41) is 3.41. The van der Waals surface area contributed by atoms with Crippen molar-refractivity contribution in [2.24, 2.45) is 0 Å². The molecule has 17 heavy (non-hydrogen) atoms. The third kappa shape index (κ3) is 6.20. The van der Waals surface area contributed by atoms with Gasteiger partial charge in [-0.15, -0.1) is 0 Å². The Hall–Kier alpha value is -0.380. The summed E-state index contributed by atoms with van der Waals surface area (Å²) < 4.78 is 5.65. The Labute approximate surface area is 106 Å². The fourth-order valence-corrected chi connectivity index (χ4v) is 2.19. The number of likely N-dealkylation sites (tertiary alicyclic amines) is 1. The first kappa shape index (κ1) is 14.7. The second-order valence-corrected chi connectivity index (χ2v) is 5.22. The van der Waals surface area contributed by atoms with E-state index in [0.29, 0.717) is 12.1 Å². The summed E-state index contributed by atoms with van der Waals surface area (Å²) in [6, 6.07) is 0.537. The average Bonchev–Trinajstić information content (AvgIpc) is 2.29. The standard InChI is InChI=1S/C14H28N2O/c1-5-17-14-6-8-16(9-7-14)11-13(4)10-15-12(2)3/h12,14-15H,4-11H2,1-3H3. The number of nitrogens with one attached hydrogen (secondary N) is 1. The maximum atomic E-state index is 5.65. The molecule has 0 spiro atoms. The molecule has 1 aliphatic rings. The first-order chi connectivity index (χ1) is 8.11. The zero-order valence-electron chi connectivity index (χ0n) is 11.7. The van der Waals surface area contributed by atoms with Crippen LogP contribution in [0.5, 0.6) is 0 Å². The summed E-state index contributed by atoms with van der Waals surface area (Å²) >= 11 is 0. The maximum absolute atomic E-state index is 5.65. The van der Waals surface area contributed by atoms with Gasteiger partial charge in [0.15, 0.2) is 0 Å². The fraction of sp³-hybridized carbons (Fsp3) is 0.857. The van der Waals surface area contributed by atoms with E-state index in [9.17, 15) is 0 Å². The topological polar surface area (TPSA) is 24.5 Å². The molecule has 0 atom stereocenters. The Kier molecular flexibility index (Phi) is 6.78. The lowest BCUT2D eigenvalue weighted by Gasteiger charge is -2.32. The molecule has 1 saturated heterocycles. The van der Waals surface area contributed by atoms with Gasteiger partial charge in [-0.25, -0.2) is 0 Å². The lowest BCUT2D eigenvalue weighted by Crippen LogP contribution is -2.39. The van der Waals surface area contributed by atoms with Gasteiger partial charge in [-0.1, -0.05) is 20.4 Å². The Morgan fingerprint density at radius 3 is 2.59 bits per heavy atom. The molecule has 1 rings (SSSR count). The van der Waals surface area contributed by atoms with E-state index in [-0.39, 0.29) is 0 Å². The average molecular weight is 240 g/mol. The second-order valence-electron chi connectivity index (χ2n) is 5.22. The predicted octanol–water partition coefficient (Wildman–Crippen LogP) is 2.04. The van der Waals surface area contributed by atoms with Gasteiger partial charge in [0.1, 0.15) is 0 Å². The van der Waals surface area contributed by atoms with Crippen LogP contribution >= 0.6 is 0 Å². The molecule has 0 unspecified atom stereocenters. The van der Waals surface area contributed by atoms with Crippen LogP contribution in [0.3, 0.4) is 0 Å². The van der Waals surface area contributed by atoms with E-state index >= 15 is 0 Å². The molecule has 1 fully saturated rings. The van der Waals surface area contributed by atoms with Crippen LogP contribution in [0.4, 0.5) is 0 Å². The first-order valence-electron chi connectivity index (χ1n) is 6.85. The van der Waals surface area contributed by atoms with E-state index in [1.165, 1.54) is 18.4 Å². The highest BCUT2D eigenvalue weighted by Gasteiger charge is 2.19. The molecule has 0 aromatic carbocycles. The molecule has 0 bridgehead atoms. The van der Waals surface area contributed by atoms with Gasteiger partial charge in [-0.3, -0.25) is 4.90 Å². The van der Waals surface area contributed by atoms with Crippen molar-refractivity contribution in [2.75, 3.05) is 32.8 Å². The molecule has 1 N–H and O–H groups in total. The van der Waals surface area contributed by atoms with Crippen molar-refractivity contribution in [3.63, 3.8) is 0 Å².